The maximum Gasteiger partial charge on any atom is 0.307 e. The number of fused-ring (bicyclic) bond motifs is 1. The highest BCUT2D eigenvalue weighted by molar-refractivity contribution is 7.89. The highest BCUT2D eigenvalue weighted by atomic mass is 32.2. The molecule has 0 amide bonds. The molecule has 1 aromatic carbocycles. The van der Waals surface area contributed by atoms with E-state index in [1.165, 1.54) is 8.87 Å². The van der Waals surface area contributed by atoms with Crippen LogP contribution in [0, 0.1) is 0 Å². The van der Waals surface area contributed by atoms with E-state index in [1.54, 1.807) is 25.2 Å². The molecule has 0 saturated carbocycles. The van der Waals surface area contributed by atoms with Crippen LogP contribution in [-0.4, -0.2) is 43.6 Å². The molecule has 0 radical (unpaired) electrons. The van der Waals surface area contributed by atoms with E-state index in [9.17, 15) is 13.2 Å². The predicted octanol–water partition coefficient (Wildman–Crippen LogP) is 0.621. The van der Waals surface area contributed by atoms with E-state index in [0.29, 0.717) is 31.0 Å². The highest BCUT2D eigenvalue weighted by Crippen LogP contribution is 2.23. The second-order valence-corrected chi connectivity index (χ2v) is 7.50. The number of nitrogens with zero attached hydrogens (tertiary/aromatic N) is 2. The Morgan fingerprint density at radius 3 is 2.65 bits per heavy atom. The minimum atomic E-state index is -3.51. The Morgan fingerprint density at radius 1 is 1.25 bits per heavy atom. The van der Waals surface area contributed by atoms with Crippen LogP contribution in [0.3, 0.4) is 0 Å². The second kappa shape index (κ2) is 4.96. The smallest absolute Gasteiger partial charge is 0.307 e. The van der Waals surface area contributed by atoms with Crippen LogP contribution in [-0.2, 0) is 21.8 Å². The molecule has 2 heterocycles. The van der Waals surface area contributed by atoms with Crippen LogP contribution >= 0.6 is 11.3 Å². The molecular weight excluding hydrogens is 300 g/mol. The molecule has 1 saturated heterocycles. The quantitative estimate of drug-likeness (QED) is 0.815. The minimum absolute atomic E-state index is 0.0964. The predicted molar refractivity (Wildman–Crippen MR) is 76.6 cm³/mol. The number of aromatic nitrogens is 1. The fourth-order valence-electron chi connectivity index (χ4n) is 2.21. The van der Waals surface area contributed by atoms with Gasteiger partial charge in [0.1, 0.15) is 0 Å². The fourth-order valence-corrected chi connectivity index (χ4v) is 4.64. The number of rotatable bonds is 2. The molecule has 2 aromatic rings. The van der Waals surface area contributed by atoms with Crippen LogP contribution in [0.4, 0.5) is 0 Å². The Labute approximate surface area is 120 Å². The van der Waals surface area contributed by atoms with Crippen molar-refractivity contribution >= 4 is 31.6 Å². The van der Waals surface area contributed by atoms with Gasteiger partial charge in [0, 0.05) is 20.1 Å². The maximum absolute atomic E-state index is 12.5. The first-order valence-electron chi connectivity index (χ1n) is 6.17. The van der Waals surface area contributed by atoms with Gasteiger partial charge in [0.15, 0.2) is 0 Å². The lowest BCUT2D eigenvalue weighted by molar-refractivity contribution is 0.0730. The topological polar surface area (TPSA) is 68.6 Å². The summed E-state index contributed by atoms with van der Waals surface area (Å²) in [5.41, 5.74) is 0.751. The summed E-state index contributed by atoms with van der Waals surface area (Å²) in [5.74, 6) is 0. The standard InChI is InChI=1S/C12H14N2O4S2/c1-13-10-3-2-9(8-11(10)19-12(13)15)20(16,17)14-4-6-18-7-5-14/h2-3,8H,4-7H2,1H3. The summed E-state index contributed by atoms with van der Waals surface area (Å²) in [4.78, 5) is 11.7. The first kappa shape index (κ1) is 13.7. The first-order valence-corrected chi connectivity index (χ1v) is 8.43. The Hall–Kier alpha value is -1.22. The Morgan fingerprint density at radius 2 is 1.95 bits per heavy atom. The Bertz CT molecular complexity index is 800. The van der Waals surface area contributed by atoms with Crippen molar-refractivity contribution in [2.75, 3.05) is 26.3 Å². The van der Waals surface area contributed by atoms with Gasteiger partial charge < -0.3 is 9.30 Å². The van der Waals surface area contributed by atoms with Gasteiger partial charge in [-0.05, 0) is 18.2 Å². The van der Waals surface area contributed by atoms with Gasteiger partial charge in [0.05, 0.1) is 28.3 Å². The van der Waals surface area contributed by atoms with Gasteiger partial charge in [0.2, 0.25) is 10.0 Å². The van der Waals surface area contributed by atoms with Crippen LogP contribution in [0.2, 0.25) is 0 Å². The van der Waals surface area contributed by atoms with E-state index < -0.39 is 10.0 Å². The lowest BCUT2D eigenvalue weighted by Gasteiger charge is -2.26. The van der Waals surface area contributed by atoms with Crippen molar-refractivity contribution in [3.05, 3.63) is 27.9 Å². The number of thiazole rings is 1. The van der Waals surface area contributed by atoms with E-state index in [1.807, 2.05) is 0 Å². The van der Waals surface area contributed by atoms with Gasteiger partial charge in [-0.2, -0.15) is 4.31 Å². The number of benzene rings is 1. The van der Waals surface area contributed by atoms with Gasteiger partial charge in [-0.3, -0.25) is 4.79 Å². The normalized spacial score (nSPS) is 17.6. The molecule has 108 valence electrons. The van der Waals surface area contributed by atoms with E-state index in [-0.39, 0.29) is 9.77 Å². The maximum atomic E-state index is 12.5. The van der Waals surface area contributed by atoms with Crippen LogP contribution in [0.5, 0.6) is 0 Å². The number of morpholine rings is 1. The van der Waals surface area contributed by atoms with Gasteiger partial charge in [-0.15, -0.1) is 0 Å². The molecule has 20 heavy (non-hydrogen) atoms. The Kier molecular flexibility index (Phi) is 3.41. The summed E-state index contributed by atoms with van der Waals surface area (Å²) in [6, 6.07) is 4.81. The summed E-state index contributed by atoms with van der Waals surface area (Å²) in [6.45, 7) is 1.57. The molecule has 1 aliphatic rings. The second-order valence-electron chi connectivity index (χ2n) is 4.57. The summed E-state index contributed by atoms with van der Waals surface area (Å²) in [6.07, 6.45) is 0. The van der Waals surface area contributed by atoms with Crippen molar-refractivity contribution in [1.29, 1.82) is 0 Å². The number of ether oxygens (including phenoxy) is 1. The van der Waals surface area contributed by atoms with Crippen molar-refractivity contribution in [2.45, 2.75) is 4.90 Å². The zero-order chi connectivity index (χ0) is 14.3. The van der Waals surface area contributed by atoms with E-state index in [2.05, 4.69) is 0 Å². The summed E-state index contributed by atoms with van der Waals surface area (Å²) < 4.78 is 33.8. The van der Waals surface area contributed by atoms with Crippen molar-refractivity contribution < 1.29 is 13.2 Å². The zero-order valence-corrected chi connectivity index (χ0v) is 12.5. The van der Waals surface area contributed by atoms with Crippen molar-refractivity contribution in [3.8, 4) is 0 Å². The van der Waals surface area contributed by atoms with Crippen molar-refractivity contribution in [2.24, 2.45) is 7.05 Å². The van der Waals surface area contributed by atoms with Gasteiger partial charge in [0.25, 0.3) is 0 Å². The zero-order valence-electron chi connectivity index (χ0n) is 10.9. The van der Waals surface area contributed by atoms with E-state index in [0.717, 1.165) is 16.9 Å². The largest absolute Gasteiger partial charge is 0.379 e. The third kappa shape index (κ3) is 2.18. The highest BCUT2D eigenvalue weighted by Gasteiger charge is 2.26. The molecule has 0 atom stereocenters. The molecular formula is C12H14N2O4S2. The van der Waals surface area contributed by atoms with Gasteiger partial charge >= 0.3 is 4.87 Å². The Balaban J connectivity index is 2.07. The van der Waals surface area contributed by atoms with E-state index in [4.69, 9.17) is 4.74 Å². The number of sulfonamides is 1. The first-order chi connectivity index (χ1) is 9.50. The molecule has 6 nitrogen and oxygen atoms in total. The fraction of sp³-hybridized carbons (Fsp3) is 0.417. The molecule has 1 aromatic heterocycles. The number of aryl methyl sites for hydroxylation is 1. The monoisotopic (exact) mass is 314 g/mol. The number of hydrogen-bond donors (Lipinski definition) is 0. The average Bonchev–Trinajstić information content (AvgIpc) is 2.74. The molecule has 8 heteroatoms. The number of hydrogen-bond acceptors (Lipinski definition) is 5. The SMILES string of the molecule is Cn1c(=O)sc2cc(S(=O)(=O)N3CCOCC3)ccc21. The molecule has 0 unspecified atom stereocenters. The molecule has 3 rings (SSSR count). The van der Waals surface area contributed by atoms with Gasteiger partial charge in [-0.1, -0.05) is 11.3 Å². The molecule has 1 aliphatic heterocycles. The third-order valence-electron chi connectivity index (χ3n) is 3.37. The van der Waals surface area contributed by atoms with Crippen LogP contribution in [0.1, 0.15) is 0 Å². The summed E-state index contributed by atoms with van der Waals surface area (Å²) in [7, 11) is -1.83. The van der Waals surface area contributed by atoms with Gasteiger partial charge in [-0.25, -0.2) is 8.42 Å². The summed E-state index contributed by atoms with van der Waals surface area (Å²) in [5, 5.41) is 0. The summed E-state index contributed by atoms with van der Waals surface area (Å²) >= 11 is 1.06. The molecule has 1 fully saturated rings. The van der Waals surface area contributed by atoms with Crippen LogP contribution in [0.15, 0.2) is 27.9 Å². The van der Waals surface area contributed by atoms with E-state index >= 15 is 0 Å². The van der Waals surface area contributed by atoms with Crippen LogP contribution in [0.25, 0.3) is 10.2 Å². The minimum Gasteiger partial charge on any atom is -0.379 e. The lowest BCUT2D eigenvalue weighted by Crippen LogP contribution is -2.40. The van der Waals surface area contributed by atoms with Crippen molar-refractivity contribution in [3.63, 3.8) is 0 Å². The third-order valence-corrected chi connectivity index (χ3v) is 6.26. The lowest BCUT2D eigenvalue weighted by atomic mass is 10.3. The van der Waals surface area contributed by atoms with Crippen molar-refractivity contribution in [1.82, 2.24) is 8.87 Å². The molecule has 0 spiro atoms. The average molecular weight is 314 g/mol. The molecule has 0 N–H and O–H groups in total. The molecule has 0 bridgehead atoms. The van der Waals surface area contributed by atoms with Crippen LogP contribution < -0.4 is 4.87 Å². The molecule has 0 aliphatic carbocycles.